The summed E-state index contributed by atoms with van der Waals surface area (Å²) >= 11 is 9.38. The molecular weight excluding hydrogens is 312 g/mol. The van der Waals surface area contributed by atoms with Crippen molar-refractivity contribution in [3.05, 3.63) is 21.8 Å². The van der Waals surface area contributed by atoms with Crippen LogP contribution in [-0.2, 0) is 10.8 Å². The Balaban J connectivity index is 2.01. The molecule has 1 aliphatic rings. The highest BCUT2D eigenvalue weighted by Crippen LogP contribution is 2.25. The molecule has 2 heterocycles. The van der Waals surface area contributed by atoms with Crippen molar-refractivity contribution in [3.63, 3.8) is 0 Å². The maximum Gasteiger partial charge on any atom is 0.145 e. The van der Waals surface area contributed by atoms with Crippen LogP contribution in [0.5, 0.6) is 0 Å². The molecule has 1 saturated heterocycles. The van der Waals surface area contributed by atoms with E-state index in [4.69, 9.17) is 11.6 Å². The second-order valence-corrected chi connectivity index (χ2v) is 6.77. The number of rotatable bonds is 2. The number of nitrogens with zero attached hydrogens (tertiary/aromatic N) is 1. The SMILES string of the molecule is O=S1CCC(Nc2ncc(Br)cc2Cl)CC1. The molecule has 1 aromatic rings. The number of anilines is 1. The molecule has 1 N–H and O–H groups in total. The molecule has 1 fully saturated rings. The highest BCUT2D eigenvalue weighted by Gasteiger charge is 2.18. The quantitative estimate of drug-likeness (QED) is 0.910. The smallest absolute Gasteiger partial charge is 0.145 e. The molecule has 2 rings (SSSR count). The molecule has 0 spiro atoms. The lowest BCUT2D eigenvalue weighted by atomic mass is 10.1. The zero-order chi connectivity index (χ0) is 11.5. The summed E-state index contributed by atoms with van der Waals surface area (Å²) in [5, 5.41) is 3.91. The molecule has 1 aromatic heterocycles. The largest absolute Gasteiger partial charge is 0.366 e. The summed E-state index contributed by atoms with van der Waals surface area (Å²) in [7, 11) is -0.629. The van der Waals surface area contributed by atoms with Crippen molar-refractivity contribution in [1.82, 2.24) is 4.98 Å². The lowest BCUT2D eigenvalue weighted by Gasteiger charge is -2.23. The molecule has 0 aromatic carbocycles. The molecule has 0 aliphatic carbocycles. The fourth-order valence-electron chi connectivity index (χ4n) is 1.65. The zero-order valence-electron chi connectivity index (χ0n) is 8.58. The van der Waals surface area contributed by atoms with Crippen molar-refractivity contribution in [2.45, 2.75) is 18.9 Å². The standard InChI is InChI=1S/C10H12BrClN2OS/c11-7-5-9(12)10(13-6-7)14-8-1-3-16(15)4-2-8/h5-6,8H,1-4H2,(H,13,14). The van der Waals surface area contributed by atoms with Gasteiger partial charge >= 0.3 is 0 Å². The van der Waals surface area contributed by atoms with Crippen LogP contribution in [0.2, 0.25) is 5.02 Å². The predicted molar refractivity (Wildman–Crippen MR) is 71.5 cm³/mol. The van der Waals surface area contributed by atoms with Gasteiger partial charge in [0.15, 0.2) is 0 Å². The molecule has 0 amide bonds. The minimum atomic E-state index is -0.629. The maximum absolute atomic E-state index is 11.2. The van der Waals surface area contributed by atoms with Gasteiger partial charge in [0.05, 0.1) is 5.02 Å². The fraction of sp³-hybridized carbons (Fsp3) is 0.500. The van der Waals surface area contributed by atoms with Gasteiger partial charge in [-0.3, -0.25) is 4.21 Å². The number of nitrogens with one attached hydrogen (secondary N) is 1. The van der Waals surface area contributed by atoms with Crippen molar-refractivity contribution in [2.24, 2.45) is 0 Å². The number of aromatic nitrogens is 1. The first kappa shape index (κ1) is 12.3. The normalized spacial score (nSPS) is 25.4. The first-order chi connectivity index (χ1) is 7.65. The Labute approximate surface area is 111 Å². The number of pyridine rings is 1. The van der Waals surface area contributed by atoms with Gasteiger partial charge < -0.3 is 5.32 Å². The van der Waals surface area contributed by atoms with E-state index in [0.717, 1.165) is 28.8 Å². The van der Waals surface area contributed by atoms with E-state index in [1.165, 1.54) is 0 Å². The Morgan fingerprint density at radius 3 is 2.81 bits per heavy atom. The Morgan fingerprint density at radius 1 is 1.50 bits per heavy atom. The van der Waals surface area contributed by atoms with Crippen LogP contribution in [-0.4, -0.2) is 26.7 Å². The van der Waals surface area contributed by atoms with Crippen molar-refractivity contribution in [1.29, 1.82) is 0 Å². The van der Waals surface area contributed by atoms with E-state index in [0.29, 0.717) is 16.9 Å². The third-order valence-electron chi connectivity index (χ3n) is 2.54. The van der Waals surface area contributed by atoms with Gasteiger partial charge in [0.1, 0.15) is 5.82 Å². The maximum atomic E-state index is 11.2. The molecular formula is C10H12BrClN2OS. The van der Waals surface area contributed by atoms with Crippen LogP contribution in [0.1, 0.15) is 12.8 Å². The van der Waals surface area contributed by atoms with E-state index in [-0.39, 0.29) is 0 Å². The molecule has 88 valence electrons. The summed E-state index contributed by atoms with van der Waals surface area (Å²) in [6.07, 6.45) is 3.55. The van der Waals surface area contributed by atoms with Crippen LogP contribution in [0, 0.1) is 0 Å². The fourth-order valence-corrected chi connectivity index (χ4v) is 3.64. The predicted octanol–water partition coefficient (Wildman–Crippen LogP) is 2.82. The van der Waals surface area contributed by atoms with Crippen molar-refractivity contribution < 1.29 is 4.21 Å². The highest BCUT2D eigenvalue weighted by molar-refractivity contribution is 9.10. The Morgan fingerprint density at radius 2 is 2.19 bits per heavy atom. The number of halogens is 2. The average molecular weight is 324 g/mol. The van der Waals surface area contributed by atoms with Gasteiger partial charge in [-0.15, -0.1) is 0 Å². The van der Waals surface area contributed by atoms with Crippen LogP contribution in [0.4, 0.5) is 5.82 Å². The van der Waals surface area contributed by atoms with Crippen LogP contribution in [0.3, 0.4) is 0 Å². The molecule has 0 radical (unpaired) electrons. The second-order valence-electron chi connectivity index (χ2n) is 3.75. The van der Waals surface area contributed by atoms with Crippen LogP contribution < -0.4 is 5.32 Å². The minimum Gasteiger partial charge on any atom is -0.366 e. The lowest BCUT2D eigenvalue weighted by molar-refractivity contribution is 0.622. The number of hydrogen-bond donors (Lipinski definition) is 1. The summed E-state index contributed by atoms with van der Waals surface area (Å²) in [5.41, 5.74) is 0. The van der Waals surface area contributed by atoms with Crippen molar-refractivity contribution >= 4 is 44.1 Å². The van der Waals surface area contributed by atoms with Crippen LogP contribution in [0.15, 0.2) is 16.7 Å². The van der Waals surface area contributed by atoms with E-state index in [2.05, 4.69) is 26.2 Å². The Kier molecular flexibility index (Phi) is 4.21. The van der Waals surface area contributed by atoms with E-state index in [9.17, 15) is 4.21 Å². The van der Waals surface area contributed by atoms with Crippen LogP contribution >= 0.6 is 27.5 Å². The average Bonchev–Trinajstić information content (AvgIpc) is 2.25. The second kappa shape index (κ2) is 5.47. The first-order valence-electron chi connectivity index (χ1n) is 5.07. The molecule has 0 bridgehead atoms. The topological polar surface area (TPSA) is 42.0 Å². The van der Waals surface area contributed by atoms with E-state index < -0.39 is 10.8 Å². The van der Waals surface area contributed by atoms with Gasteiger partial charge in [-0.25, -0.2) is 4.98 Å². The van der Waals surface area contributed by atoms with E-state index >= 15 is 0 Å². The molecule has 3 nitrogen and oxygen atoms in total. The Hall–Kier alpha value is -0.130. The molecule has 16 heavy (non-hydrogen) atoms. The van der Waals surface area contributed by atoms with E-state index in [1.807, 2.05) is 6.07 Å². The Bertz CT molecular complexity index is 406. The summed E-state index contributed by atoms with van der Waals surface area (Å²) in [6.45, 7) is 0. The third-order valence-corrected chi connectivity index (χ3v) is 4.64. The van der Waals surface area contributed by atoms with E-state index in [1.54, 1.807) is 6.20 Å². The van der Waals surface area contributed by atoms with Gasteiger partial charge in [-0.1, -0.05) is 11.6 Å². The van der Waals surface area contributed by atoms with Gasteiger partial charge in [-0.2, -0.15) is 0 Å². The van der Waals surface area contributed by atoms with Gasteiger partial charge in [-0.05, 0) is 34.8 Å². The van der Waals surface area contributed by atoms with Crippen molar-refractivity contribution in [3.8, 4) is 0 Å². The lowest BCUT2D eigenvalue weighted by Crippen LogP contribution is -2.29. The van der Waals surface area contributed by atoms with Crippen molar-refractivity contribution in [2.75, 3.05) is 16.8 Å². The molecule has 6 heteroatoms. The summed E-state index contributed by atoms with van der Waals surface area (Å²) in [5.74, 6) is 2.25. The summed E-state index contributed by atoms with van der Waals surface area (Å²) in [4.78, 5) is 4.23. The number of hydrogen-bond acceptors (Lipinski definition) is 3. The zero-order valence-corrected chi connectivity index (χ0v) is 11.7. The molecule has 0 atom stereocenters. The van der Waals surface area contributed by atoms with Gasteiger partial charge in [0.2, 0.25) is 0 Å². The monoisotopic (exact) mass is 322 g/mol. The summed E-state index contributed by atoms with van der Waals surface area (Å²) < 4.78 is 12.1. The molecule has 0 unspecified atom stereocenters. The minimum absolute atomic E-state index is 0.337. The third kappa shape index (κ3) is 3.18. The first-order valence-corrected chi connectivity index (χ1v) is 7.73. The van der Waals surface area contributed by atoms with Gasteiger partial charge in [0, 0.05) is 39.0 Å². The van der Waals surface area contributed by atoms with Crippen LogP contribution in [0.25, 0.3) is 0 Å². The highest BCUT2D eigenvalue weighted by atomic mass is 79.9. The molecule has 0 saturated carbocycles. The van der Waals surface area contributed by atoms with Gasteiger partial charge in [0.25, 0.3) is 0 Å². The molecule has 1 aliphatic heterocycles. The summed E-state index contributed by atoms with van der Waals surface area (Å²) in [6, 6.07) is 2.15.